The quantitative estimate of drug-likeness (QED) is 0.250. The van der Waals surface area contributed by atoms with Crippen molar-refractivity contribution in [2.45, 2.75) is 78.5 Å². The zero-order valence-electron chi connectivity index (χ0n) is 15.9. The normalized spacial score (nSPS) is 12.5. The van der Waals surface area contributed by atoms with Gasteiger partial charge in [-0.3, -0.25) is 4.99 Å². The molecule has 0 bridgehead atoms. The van der Waals surface area contributed by atoms with Crippen LogP contribution in [0.1, 0.15) is 71.4 Å². The van der Waals surface area contributed by atoms with Gasteiger partial charge < -0.3 is 5.09 Å². The van der Waals surface area contributed by atoms with Crippen LogP contribution in [0.3, 0.4) is 0 Å². The zero-order chi connectivity index (χ0) is 17.2. The van der Waals surface area contributed by atoms with E-state index in [1.54, 1.807) is 0 Å². The number of rotatable bonds is 9. The molecular formula is C20H35N2P. The SMILES string of the molecule is CCCCCCN=C(NP(C(C)C)C(C)C)c1ccc(C)cc1. The lowest BCUT2D eigenvalue weighted by molar-refractivity contribution is 0.675. The second-order valence-electron chi connectivity index (χ2n) is 6.86. The van der Waals surface area contributed by atoms with Crippen molar-refractivity contribution in [1.82, 2.24) is 5.09 Å². The van der Waals surface area contributed by atoms with Gasteiger partial charge in [-0.1, -0.05) is 83.7 Å². The fourth-order valence-electron chi connectivity index (χ4n) is 2.61. The second-order valence-corrected chi connectivity index (χ2v) is 9.97. The van der Waals surface area contributed by atoms with Gasteiger partial charge in [0.2, 0.25) is 0 Å². The van der Waals surface area contributed by atoms with Crippen LogP contribution in [0.2, 0.25) is 0 Å². The van der Waals surface area contributed by atoms with Crippen LogP contribution in [0, 0.1) is 6.92 Å². The molecule has 0 aromatic heterocycles. The molecule has 0 aliphatic heterocycles. The molecule has 0 atom stereocenters. The maximum absolute atomic E-state index is 4.92. The number of hydrogen-bond acceptors (Lipinski definition) is 1. The predicted molar refractivity (Wildman–Crippen MR) is 107 cm³/mol. The third kappa shape index (κ3) is 7.48. The van der Waals surface area contributed by atoms with Gasteiger partial charge in [0.15, 0.2) is 0 Å². The molecular weight excluding hydrogens is 299 g/mol. The zero-order valence-corrected chi connectivity index (χ0v) is 16.8. The Kier molecular flexibility index (Phi) is 9.48. The van der Waals surface area contributed by atoms with Gasteiger partial charge in [-0.2, -0.15) is 0 Å². The first-order valence-electron chi connectivity index (χ1n) is 9.12. The number of amidine groups is 1. The van der Waals surface area contributed by atoms with Crippen molar-refractivity contribution < 1.29 is 0 Å². The lowest BCUT2D eigenvalue weighted by atomic mass is 10.1. The van der Waals surface area contributed by atoms with Gasteiger partial charge in [0.25, 0.3) is 0 Å². The number of benzene rings is 1. The number of aliphatic imine (C=N–C) groups is 1. The lowest BCUT2D eigenvalue weighted by Gasteiger charge is -2.28. The molecule has 0 aliphatic rings. The minimum absolute atomic E-state index is 0.258. The summed E-state index contributed by atoms with van der Waals surface area (Å²) in [4.78, 5) is 4.92. The molecule has 2 nitrogen and oxygen atoms in total. The van der Waals surface area contributed by atoms with Crippen molar-refractivity contribution in [1.29, 1.82) is 0 Å². The Bertz CT molecular complexity index is 455. The van der Waals surface area contributed by atoms with E-state index in [0.29, 0.717) is 11.3 Å². The van der Waals surface area contributed by atoms with E-state index in [9.17, 15) is 0 Å². The average molecular weight is 334 g/mol. The van der Waals surface area contributed by atoms with Crippen LogP contribution < -0.4 is 5.09 Å². The highest BCUT2D eigenvalue weighted by molar-refractivity contribution is 7.57. The van der Waals surface area contributed by atoms with E-state index in [2.05, 4.69) is 70.9 Å². The Labute approximate surface area is 145 Å². The van der Waals surface area contributed by atoms with E-state index >= 15 is 0 Å². The highest BCUT2D eigenvalue weighted by Crippen LogP contribution is 2.42. The van der Waals surface area contributed by atoms with E-state index < -0.39 is 0 Å². The molecule has 0 fully saturated rings. The predicted octanol–water partition coefficient (Wildman–Crippen LogP) is 6.13. The molecule has 130 valence electrons. The smallest absolute Gasteiger partial charge is 0.131 e. The van der Waals surface area contributed by atoms with Crippen LogP contribution in [-0.4, -0.2) is 23.7 Å². The summed E-state index contributed by atoms with van der Waals surface area (Å²) in [5.41, 5.74) is 3.83. The van der Waals surface area contributed by atoms with Crippen LogP contribution in [0.15, 0.2) is 29.3 Å². The summed E-state index contributed by atoms with van der Waals surface area (Å²) in [6.45, 7) is 14.6. The van der Waals surface area contributed by atoms with Gasteiger partial charge >= 0.3 is 0 Å². The number of nitrogens with zero attached hydrogens (tertiary/aromatic N) is 1. The topological polar surface area (TPSA) is 24.4 Å². The molecule has 0 spiro atoms. The molecule has 0 saturated carbocycles. The Morgan fingerprint density at radius 3 is 2.13 bits per heavy atom. The lowest BCUT2D eigenvalue weighted by Crippen LogP contribution is -2.26. The van der Waals surface area contributed by atoms with Gasteiger partial charge in [-0.15, -0.1) is 0 Å². The third-order valence-corrected chi connectivity index (χ3v) is 6.65. The van der Waals surface area contributed by atoms with Gasteiger partial charge in [0, 0.05) is 12.1 Å². The third-order valence-electron chi connectivity index (χ3n) is 3.95. The standard InChI is InChI=1S/C20H35N2P/c1-7-8-9-10-15-21-20(19-13-11-18(6)12-14-19)22-23(16(2)3)17(4)5/h11-14,16-17H,7-10,15H2,1-6H3,(H,21,22). The average Bonchev–Trinajstić information content (AvgIpc) is 2.50. The van der Waals surface area contributed by atoms with Crippen molar-refractivity contribution in [2.24, 2.45) is 4.99 Å². The van der Waals surface area contributed by atoms with Crippen molar-refractivity contribution in [3.63, 3.8) is 0 Å². The first-order valence-corrected chi connectivity index (χ1v) is 10.6. The first kappa shape index (κ1) is 20.2. The molecule has 0 saturated heterocycles. The van der Waals surface area contributed by atoms with Crippen molar-refractivity contribution in [3.05, 3.63) is 35.4 Å². The number of nitrogens with one attached hydrogen (secondary N) is 1. The Hall–Kier alpha value is -0.880. The molecule has 1 N–H and O–H groups in total. The van der Waals surface area contributed by atoms with Gasteiger partial charge in [0.1, 0.15) is 5.84 Å². The van der Waals surface area contributed by atoms with Crippen LogP contribution >= 0.6 is 8.07 Å². The van der Waals surface area contributed by atoms with Crippen LogP contribution in [0.4, 0.5) is 0 Å². The number of hydrogen-bond donors (Lipinski definition) is 1. The van der Waals surface area contributed by atoms with E-state index in [1.165, 1.54) is 36.8 Å². The summed E-state index contributed by atoms with van der Waals surface area (Å²) in [5, 5.41) is 3.79. The summed E-state index contributed by atoms with van der Waals surface area (Å²) in [6, 6.07) is 8.75. The molecule has 1 aromatic rings. The largest absolute Gasteiger partial charge is 0.348 e. The summed E-state index contributed by atoms with van der Waals surface area (Å²) in [5.74, 6) is 1.09. The van der Waals surface area contributed by atoms with E-state index in [-0.39, 0.29) is 8.07 Å². The van der Waals surface area contributed by atoms with E-state index in [1.807, 2.05) is 0 Å². The maximum Gasteiger partial charge on any atom is 0.131 e. The number of aryl methyl sites for hydroxylation is 1. The molecule has 0 unspecified atom stereocenters. The molecule has 1 aromatic carbocycles. The van der Waals surface area contributed by atoms with Gasteiger partial charge in [-0.05, 0) is 32.7 Å². The van der Waals surface area contributed by atoms with Crippen LogP contribution in [0.25, 0.3) is 0 Å². The summed E-state index contributed by atoms with van der Waals surface area (Å²) >= 11 is 0. The molecule has 0 aliphatic carbocycles. The highest BCUT2D eigenvalue weighted by Gasteiger charge is 2.19. The summed E-state index contributed by atoms with van der Waals surface area (Å²) < 4.78 is 0. The fourth-order valence-corrected chi connectivity index (χ4v) is 4.76. The van der Waals surface area contributed by atoms with Crippen molar-refractivity contribution >= 4 is 13.9 Å². The van der Waals surface area contributed by atoms with Crippen molar-refractivity contribution in [2.75, 3.05) is 6.54 Å². The monoisotopic (exact) mass is 334 g/mol. The van der Waals surface area contributed by atoms with Gasteiger partial charge in [0.05, 0.1) is 0 Å². The summed E-state index contributed by atoms with van der Waals surface area (Å²) in [7, 11) is -0.258. The molecule has 23 heavy (non-hydrogen) atoms. The van der Waals surface area contributed by atoms with Crippen LogP contribution in [0.5, 0.6) is 0 Å². The Morgan fingerprint density at radius 1 is 1.00 bits per heavy atom. The molecule has 0 radical (unpaired) electrons. The van der Waals surface area contributed by atoms with E-state index in [0.717, 1.165) is 12.4 Å². The van der Waals surface area contributed by atoms with Crippen LogP contribution in [-0.2, 0) is 0 Å². The van der Waals surface area contributed by atoms with Crippen molar-refractivity contribution in [3.8, 4) is 0 Å². The second kappa shape index (κ2) is 10.8. The maximum atomic E-state index is 4.92. The van der Waals surface area contributed by atoms with E-state index in [4.69, 9.17) is 4.99 Å². The molecule has 3 heteroatoms. The van der Waals surface area contributed by atoms with Gasteiger partial charge in [-0.25, -0.2) is 0 Å². The number of unbranched alkanes of at least 4 members (excludes halogenated alkanes) is 3. The fraction of sp³-hybridized carbons (Fsp3) is 0.650. The molecule has 0 amide bonds. The minimum atomic E-state index is -0.258. The molecule has 1 rings (SSSR count). The highest BCUT2D eigenvalue weighted by atomic mass is 31.1. The first-order chi connectivity index (χ1) is 11.0. The Balaban J connectivity index is 2.87. The Morgan fingerprint density at radius 2 is 1.61 bits per heavy atom. The molecule has 0 heterocycles. The summed E-state index contributed by atoms with van der Waals surface area (Å²) in [6.07, 6.45) is 5.06. The minimum Gasteiger partial charge on any atom is -0.348 e.